The molecular formula is C9H15N3O2. The summed E-state index contributed by atoms with van der Waals surface area (Å²) in [5.74, 6) is -0.246. The molecule has 0 saturated heterocycles. The highest BCUT2D eigenvalue weighted by molar-refractivity contribution is 5.94. The number of aromatic nitrogens is 2. The lowest BCUT2D eigenvalue weighted by Crippen LogP contribution is -2.24. The molecule has 0 aromatic carbocycles. The van der Waals surface area contributed by atoms with Gasteiger partial charge in [-0.2, -0.15) is 5.10 Å². The number of aryl methyl sites for hydroxylation is 1. The van der Waals surface area contributed by atoms with Crippen molar-refractivity contribution in [3.05, 3.63) is 11.8 Å². The molecule has 0 aliphatic heterocycles. The van der Waals surface area contributed by atoms with Gasteiger partial charge in [0.2, 0.25) is 0 Å². The van der Waals surface area contributed by atoms with Crippen molar-refractivity contribution in [2.75, 3.05) is 5.73 Å². The topological polar surface area (TPSA) is 70.1 Å². The summed E-state index contributed by atoms with van der Waals surface area (Å²) in [7, 11) is 1.70. The van der Waals surface area contributed by atoms with E-state index in [1.807, 2.05) is 0 Å². The van der Waals surface area contributed by atoms with Crippen molar-refractivity contribution in [1.29, 1.82) is 0 Å². The van der Waals surface area contributed by atoms with Gasteiger partial charge in [0, 0.05) is 13.2 Å². The summed E-state index contributed by atoms with van der Waals surface area (Å²) < 4.78 is 6.63. The fourth-order valence-electron chi connectivity index (χ4n) is 0.996. The number of rotatable bonds is 1. The molecular weight excluding hydrogens is 182 g/mol. The van der Waals surface area contributed by atoms with Gasteiger partial charge in [-0.15, -0.1) is 0 Å². The Bertz CT molecular complexity index is 349. The summed E-state index contributed by atoms with van der Waals surface area (Å²) in [6.45, 7) is 5.41. The van der Waals surface area contributed by atoms with E-state index in [-0.39, 0.29) is 5.82 Å². The molecule has 0 aliphatic carbocycles. The molecule has 5 nitrogen and oxygen atoms in total. The van der Waals surface area contributed by atoms with Crippen LogP contribution in [-0.4, -0.2) is 21.4 Å². The largest absolute Gasteiger partial charge is 0.456 e. The van der Waals surface area contributed by atoms with E-state index in [9.17, 15) is 4.79 Å². The lowest BCUT2D eigenvalue weighted by molar-refractivity contribution is 0.00707. The van der Waals surface area contributed by atoms with Crippen LogP contribution >= 0.6 is 0 Å². The molecule has 0 atom stereocenters. The number of esters is 1. The summed E-state index contributed by atoms with van der Waals surface area (Å²) >= 11 is 0. The summed E-state index contributed by atoms with van der Waals surface area (Å²) in [6.07, 6.45) is 1.55. The van der Waals surface area contributed by atoms with E-state index >= 15 is 0 Å². The van der Waals surface area contributed by atoms with Crippen molar-refractivity contribution in [3.8, 4) is 0 Å². The molecule has 1 aromatic rings. The maximum atomic E-state index is 11.5. The van der Waals surface area contributed by atoms with Crippen LogP contribution < -0.4 is 5.73 Å². The molecule has 0 saturated carbocycles. The Morgan fingerprint density at radius 3 is 2.50 bits per heavy atom. The molecule has 0 spiro atoms. The normalized spacial score (nSPS) is 11.4. The van der Waals surface area contributed by atoms with E-state index in [0.717, 1.165) is 0 Å². The van der Waals surface area contributed by atoms with Gasteiger partial charge >= 0.3 is 5.97 Å². The minimum atomic E-state index is -0.515. The van der Waals surface area contributed by atoms with Crippen molar-refractivity contribution in [1.82, 2.24) is 9.78 Å². The molecule has 5 heteroatoms. The van der Waals surface area contributed by atoms with Crippen LogP contribution in [0.5, 0.6) is 0 Å². The second-order valence-electron chi connectivity index (χ2n) is 4.10. The van der Waals surface area contributed by atoms with Crippen LogP contribution in [0.4, 0.5) is 5.82 Å². The average Bonchev–Trinajstić information content (AvgIpc) is 2.26. The minimum absolute atomic E-state index is 0.196. The van der Waals surface area contributed by atoms with E-state index in [4.69, 9.17) is 10.5 Å². The molecule has 2 N–H and O–H groups in total. The number of ether oxygens (including phenoxy) is 1. The van der Waals surface area contributed by atoms with Crippen molar-refractivity contribution in [2.45, 2.75) is 26.4 Å². The van der Waals surface area contributed by atoms with Crippen LogP contribution in [-0.2, 0) is 11.8 Å². The number of nitrogens with two attached hydrogens (primary N) is 1. The average molecular weight is 197 g/mol. The number of carbonyl (C=O) groups is 1. The summed E-state index contributed by atoms with van der Waals surface area (Å²) in [5.41, 5.74) is 5.32. The fraction of sp³-hybridized carbons (Fsp3) is 0.556. The summed E-state index contributed by atoms with van der Waals surface area (Å²) in [5, 5.41) is 3.86. The molecule has 1 aromatic heterocycles. The molecule has 0 unspecified atom stereocenters. The van der Waals surface area contributed by atoms with Gasteiger partial charge in [-0.25, -0.2) is 4.79 Å². The van der Waals surface area contributed by atoms with Gasteiger partial charge in [0.15, 0.2) is 5.82 Å². The molecule has 78 valence electrons. The van der Waals surface area contributed by atoms with E-state index in [1.54, 1.807) is 34.0 Å². The highest BCUT2D eigenvalue weighted by Crippen LogP contribution is 2.15. The highest BCUT2D eigenvalue weighted by atomic mass is 16.6. The van der Waals surface area contributed by atoms with Gasteiger partial charge in [0.05, 0.1) is 0 Å². The SMILES string of the molecule is Cn1cc(C(=O)OC(C)(C)C)c(N)n1. The van der Waals surface area contributed by atoms with Gasteiger partial charge < -0.3 is 10.5 Å². The highest BCUT2D eigenvalue weighted by Gasteiger charge is 2.21. The lowest BCUT2D eigenvalue weighted by atomic mass is 10.2. The Morgan fingerprint density at radius 2 is 2.14 bits per heavy atom. The maximum Gasteiger partial charge on any atom is 0.344 e. The van der Waals surface area contributed by atoms with Gasteiger partial charge in [-0.05, 0) is 20.8 Å². The van der Waals surface area contributed by atoms with Gasteiger partial charge in [0.25, 0.3) is 0 Å². The summed E-state index contributed by atoms with van der Waals surface area (Å²) in [4.78, 5) is 11.5. The second kappa shape index (κ2) is 3.32. The maximum absolute atomic E-state index is 11.5. The van der Waals surface area contributed by atoms with E-state index in [0.29, 0.717) is 5.56 Å². The van der Waals surface area contributed by atoms with Crippen LogP contribution in [0.25, 0.3) is 0 Å². The first-order chi connectivity index (χ1) is 6.29. The number of hydrogen-bond donors (Lipinski definition) is 1. The van der Waals surface area contributed by atoms with Crippen LogP contribution in [0, 0.1) is 0 Å². The van der Waals surface area contributed by atoms with Crippen LogP contribution in [0.2, 0.25) is 0 Å². The van der Waals surface area contributed by atoms with Gasteiger partial charge in [0.1, 0.15) is 11.2 Å². The zero-order chi connectivity index (χ0) is 10.9. The predicted octanol–water partition coefficient (Wildman–Crippen LogP) is 0.958. The van der Waals surface area contributed by atoms with Gasteiger partial charge in [-0.3, -0.25) is 4.68 Å². The van der Waals surface area contributed by atoms with Crippen LogP contribution in [0.15, 0.2) is 6.20 Å². The first-order valence-electron chi connectivity index (χ1n) is 4.32. The molecule has 0 fully saturated rings. The lowest BCUT2D eigenvalue weighted by Gasteiger charge is -2.18. The van der Waals surface area contributed by atoms with Crippen molar-refractivity contribution >= 4 is 11.8 Å². The Balaban J connectivity index is 2.85. The Morgan fingerprint density at radius 1 is 1.57 bits per heavy atom. The third kappa shape index (κ3) is 2.48. The number of anilines is 1. The van der Waals surface area contributed by atoms with Crippen LogP contribution in [0.3, 0.4) is 0 Å². The molecule has 0 radical (unpaired) electrons. The number of nitrogens with zero attached hydrogens (tertiary/aromatic N) is 2. The Kier molecular flexibility index (Phi) is 2.51. The van der Waals surface area contributed by atoms with Crippen LogP contribution in [0.1, 0.15) is 31.1 Å². The van der Waals surface area contributed by atoms with Crippen molar-refractivity contribution < 1.29 is 9.53 Å². The third-order valence-electron chi connectivity index (χ3n) is 1.48. The smallest absolute Gasteiger partial charge is 0.344 e. The quantitative estimate of drug-likeness (QED) is 0.681. The Labute approximate surface area is 82.8 Å². The fourth-order valence-corrected chi connectivity index (χ4v) is 0.996. The zero-order valence-electron chi connectivity index (χ0n) is 8.87. The minimum Gasteiger partial charge on any atom is -0.456 e. The van der Waals surface area contributed by atoms with Gasteiger partial charge in [-0.1, -0.05) is 0 Å². The zero-order valence-corrected chi connectivity index (χ0v) is 8.87. The van der Waals surface area contributed by atoms with Crippen molar-refractivity contribution in [3.63, 3.8) is 0 Å². The number of carbonyl (C=O) groups excluding carboxylic acids is 1. The second-order valence-corrected chi connectivity index (χ2v) is 4.10. The standard InChI is InChI=1S/C9H15N3O2/c1-9(2,3)14-8(13)6-5-12(4)11-7(6)10/h5H,1-4H3,(H2,10,11). The molecule has 0 amide bonds. The summed E-state index contributed by atoms with van der Waals surface area (Å²) in [6, 6.07) is 0. The Hall–Kier alpha value is -1.52. The molecule has 1 rings (SSSR count). The molecule has 1 heterocycles. The first-order valence-corrected chi connectivity index (χ1v) is 4.32. The van der Waals surface area contributed by atoms with Crippen molar-refractivity contribution in [2.24, 2.45) is 7.05 Å². The molecule has 0 bridgehead atoms. The molecule has 0 aliphatic rings. The first kappa shape index (κ1) is 10.6. The molecule has 14 heavy (non-hydrogen) atoms. The van der Waals surface area contributed by atoms with E-state index < -0.39 is 11.6 Å². The predicted molar refractivity (Wildman–Crippen MR) is 52.8 cm³/mol. The van der Waals surface area contributed by atoms with E-state index in [1.165, 1.54) is 4.68 Å². The number of hydrogen-bond acceptors (Lipinski definition) is 4. The van der Waals surface area contributed by atoms with E-state index in [2.05, 4.69) is 5.10 Å². The third-order valence-corrected chi connectivity index (χ3v) is 1.48. The monoisotopic (exact) mass is 197 g/mol. The number of nitrogen functional groups attached to an aromatic ring is 1.